The third-order valence-corrected chi connectivity index (χ3v) is 6.30. The molecule has 0 spiro atoms. The minimum Gasteiger partial charge on any atom is -0.468 e. The largest absolute Gasteiger partial charge is 0.468 e. The third kappa shape index (κ3) is 3.38. The van der Waals surface area contributed by atoms with E-state index in [1.165, 1.54) is 12.0 Å². The lowest BCUT2D eigenvalue weighted by Gasteiger charge is -2.34. The van der Waals surface area contributed by atoms with Gasteiger partial charge in [-0.15, -0.1) is 0 Å². The van der Waals surface area contributed by atoms with Gasteiger partial charge in [0.05, 0.1) is 24.5 Å². The van der Waals surface area contributed by atoms with Gasteiger partial charge in [0, 0.05) is 19.1 Å². The summed E-state index contributed by atoms with van der Waals surface area (Å²) in [7, 11) is -1.73. The Labute approximate surface area is 140 Å². The summed E-state index contributed by atoms with van der Waals surface area (Å²) in [6.07, 6.45) is 0.429. The number of esters is 1. The number of nitrogens with zero attached hydrogens (tertiary/aromatic N) is 1. The molecule has 3 rings (SSSR count). The van der Waals surface area contributed by atoms with E-state index in [4.69, 9.17) is 4.74 Å². The first-order valence-electron chi connectivity index (χ1n) is 7.81. The van der Waals surface area contributed by atoms with Crippen molar-refractivity contribution in [1.82, 2.24) is 10.2 Å². The van der Waals surface area contributed by atoms with Gasteiger partial charge in [0.1, 0.15) is 0 Å². The number of fused-ring (bicyclic) bond motifs is 1. The SMILES string of the molecule is COC(=O)C1CN(C(=O)NC2CCS(=O)(=O)C2)Cc2ccccc21. The van der Waals surface area contributed by atoms with Crippen LogP contribution in [0.4, 0.5) is 4.79 Å². The van der Waals surface area contributed by atoms with E-state index in [-0.39, 0.29) is 36.1 Å². The minimum atomic E-state index is -3.06. The molecule has 2 unspecified atom stereocenters. The van der Waals surface area contributed by atoms with Crippen LogP contribution in [-0.4, -0.2) is 56.5 Å². The number of sulfone groups is 1. The van der Waals surface area contributed by atoms with Crippen LogP contribution in [0.3, 0.4) is 0 Å². The Morgan fingerprint density at radius 2 is 2.04 bits per heavy atom. The molecular weight excluding hydrogens is 332 g/mol. The molecule has 2 aliphatic rings. The van der Waals surface area contributed by atoms with Gasteiger partial charge in [0.15, 0.2) is 9.84 Å². The van der Waals surface area contributed by atoms with Gasteiger partial charge in [-0.05, 0) is 17.5 Å². The maximum absolute atomic E-state index is 12.5. The minimum absolute atomic E-state index is 0.0242. The molecule has 130 valence electrons. The quantitative estimate of drug-likeness (QED) is 0.789. The number of nitrogens with one attached hydrogen (secondary N) is 1. The maximum Gasteiger partial charge on any atom is 0.317 e. The second-order valence-electron chi connectivity index (χ2n) is 6.20. The van der Waals surface area contributed by atoms with Crippen molar-refractivity contribution in [2.75, 3.05) is 25.2 Å². The van der Waals surface area contributed by atoms with Crippen molar-refractivity contribution >= 4 is 21.8 Å². The highest BCUT2D eigenvalue weighted by molar-refractivity contribution is 7.91. The Bertz CT molecular complexity index is 761. The van der Waals surface area contributed by atoms with Crippen LogP contribution in [-0.2, 0) is 25.9 Å². The molecule has 8 heteroatoms. The molecule has 24 heavy (non-hydrogen) atoms. The molecule has 1 fully saturated rings. The zero-order valence-corrected chi connectivity index (χ0v) is 14.2. The first-order chi connectivity index (χ1) is 11.4. The van der Waals surface area contributed by atoms with Gasteiger partial charge >= 0.3 is 12.0 Å². The lowest BCUT2D eigenvalue weighted by atomic mass is 9.90. The first kappa shape index (κ1) is 16.8. The summed E-state index contributed by atoms with van der Waals surface area (Å²) in [6, 6.07) is 6.75. The molecule has 2 heterocycles. The average molecular weight is 352 g/mol. The predicted molar refractivity (Wildman–Crippen MR) is 87.2 cm³/mol. The maximum atomic E-state index is 12.5. The van der Waals surface area contributed by atoms with Crippen LogP contribution in [0.1, 0.15) is 23.5 Å². The average Bonchev–Trinajstić information content (AvgIpc) is 2.91. The third-order valence-electron chi connectivity index (χ3n) is 4.53. The smallest absolute Gasteiger partial charge is 0.317 e. The van der Waals surface area contributed by atoms with Gasteiger partial charge in [0.2, 0.25) is 0 Å². The van der Waals surface area contributed by atoms with E-state index in [0.29, 0.717) is 13.0 Å². The van der Waals surface area contributed by atoms with Gasteiger partial charge in [-0.1, -0.05) is 24.3 Å². The van der Waals surface area contributed by atoms with Gasteiger partial charge in [0.25, 0.3) is 0 Å². The number of benzene rings is 1. The number of hydrogen-bond donors (Lipinski definition) is 1. The molecule has 1 N–H and O–H groups in total. The lowest BCUT2D eigenvalue weighted by Crippen LogP contribution is -2.49. The van der Waals surface area contributed by atoms with Crippen LogP contribution in [0, 0.1) is 0 Å². The van der Waals surface area contributed by atoms with E-state index in [2.05, 4.69) is 5.32 Å². The number of amides is 2. The van der Waals surface area contributed by atoms with Crippen LogP contribution in [0.2, 0.25) is 0 Å². The van der Waals surface area contributed by atoms with Crippen molar-refractivity contribution in [3.8, 4) is 0 Å². The zero-order chi connectivity index (χ0) is 17.3. The van der Waals surface area contributed by atoms with E-state index in [1.54, 1.807) is 0 Å². The van der Waals surface area contributed by atoms with Crippen LogP contribution in [0.15, 0.2) is 24.3 Å². The Morgan fingerprint density at radius 3 is 2.71 bits per heavy atom. The van der Waals surface area contributed by atoms with Crippen molar-refractivity contribution in [3.05, 3.63) is 35.4 Å². The van der Waals surface area contributed by atoms with Gasteiger partial charge in [-0.25, -0.2) is 13.2 Å². The van der Waals surface area contributed by atoms with Crippen LogP contribution in [0.5, 0.6) is 0 Å². The van der Waals surface area contributed by atoms with Crippen molar-refractivity contribution in [2.45, 2.75) is 24.9 Å². The summed E-state index contributed by atoms with van der Waals surface area (Å²) in [6.45, 7) is 0.601. The Hall–Kier alpha value is -2.09. The molecule has 0 aromatic heterocycles. The molecule has 1 aromatic rings. The fourth-order valence-electron chi connectivity index (χ4n) is 3.28. The summed E-state index contributed by atoms with van der Waals surface area (Å²) in [5.41, 5.74) is 1.77. The molecule has 0 aliphatic carbocycles. The van der Waals surface area contributed by atoms with Crippen molar-refractivity contribution < 1.29 is 22.7 Å². The Kier molecular flexibility index (Phi) is 4.49. The van der Waals surface area contributed by atoms with Crippen molar-refractivity contribution in [1.29, 1.82) is 0 Å². The van der Waals surface area contributed by atoms with E-state index < -0.39 is 15.8 Å². The highest BCUT2D eigenvalue weighted by atomic mass is 32.2. The lowest BCUT2D eigenvalue weighted by molar-refractivity contribution is -0.143. The molecular formula is C16H20N2O5S. The number of methoxy groups -OCH3 is 1. The molecule has 2 aliphatic heterocycles. The molecule has 2 amide bonds. The highest BCUT2D eigenvalue weighted by Gasteiger charge is 2.35. The fraction of sp³-hybridized carbons (Fsp3) is 0.500. The summed E-state index contributed by atoms with van der Waals surface area (Å²) in [4.78, 5) is 26.1. The van der Waals surface area contributed by atoms with E-state index in [9.17, 15) is 18.0 Å². The summed E-state index contributed by atoms with van der Waals surface area (Å²) in [5.74, 6) is -0.837. The van der Waals surface area contributed by atoms with Crippen LogP contribution in [0.25, 0.3) is 0 Å². The van der Waals surface area contributed by atoms with Crippen molar-refractivity contribution in [2.24, 2.45) is 0 Å². The van der Waals surface area contributed by atoms with Crippen LogP contribution < -0.4 is 5.32 Å². The Morgan fingerprint density at radius 1 is 1.29 bits per heavy atom. The topological polar surface area (TPSA) is 92.8 Å². The normalized spacial score (nSPS) is 25.0. The fourth-order valence-corrected chi connectivity index (χ4v) is 4.95. The van der Waals surface area contributed by atoms with Crippen LogP contribution >= 0.6 is 0 Å². The molecule has 1 aromatic carbocycles. The molecule has 2 atom stereocenters. The monoisotopic (exact) mass is 352 g/mol. The molecule has 1 saturated heterocycles. The summed E-state index contributed by atoms with van der Waals surface area (Å²) < 4.78 is 27.9. The highest BCUT2D eigenvalue weighted by Crippen LogP contribution is 2.29. The summed E-state index contributed by atoms with van der Waals surface area (Å²) >= 11 is 0. The van der Waals surface area contributed by atoms with Gasteiger partial charge in [-0.3, -0.25) is 4.79 Å². The number of carbonyl (C=O) groups is 2. The second kappa shape index (κ2) is 6.43. The van der Waals surface area contributed by atoms with E-state index >= 15 is 0 Å². The first-order valence-corrected chi connectivity index (χ1v) is 9.63. The predicted octanol–water partition coefficient (Wildman–Crippen LogP) is 0.656. The summed E-state index contributed by atoms with van der Waals surface area (Å²) in [5, 5.41) is 2.77. The number of ether oxygens (including phenoxy) is 1. The van der Waals surface area contributed by atoms with E-state index in [1.807, 2.05) is 24.3 Å². The second-order valence-corrected chi connectivity index (χ2v) is 8.43. The molecule has 0 bridgehead atoms. The number of rotatable bonds is 2. The number of hydrogen-bond acceptors (Lipinski definition) is 5. The molecule has 0 saturated carbocycles. The molecule has 7 nitrogen and oxygen atoms in total. The van der Waals surface area contributed by atoms with Gasteiger partial charge < -0.3 is 15.0 Å². The number of urea groups is 1. The van der Waals surface area contributed by atoms with E-state index in [0.717, 1.165) is 11.1 Å². The van der Waals surface area contributed by atoms with Crippen molar-refractivity contribution in [3.63, 3.8) is 0 Å². The molecule has 0 radical (unpaired) electrons. The van der Waals surface area contributed by atoms with Gasteiger partial charge in [-0.2, -0.15) is 0 Å². The standard InChI is InChI=1S/C16H20N2O5S/c1-23-15(19)14-9-18(8-11-4-2-3-5-13(11)14)16(20)17-12-6-7-24(21,22)10-12/h2-5,12,14H,6-10H2,1H3,(H,17,20). The Balaban J connectivity index is 1.75. The zero-order valence-electron chi connectivity index (χ0n) is 13.4. The number of carbonyl (C=O) groups excluding carboxylic acids is 2.